The Balaban J connectivity index is 0.790. The number of nitriles is 4. The topological polar surface area (TPSA) is 166 Å². The van der Waals surface area contributed by atoms with E-state index in [-0.39, 0.29) is 37.6 Å². The Morgan fingerprint density at radius 1 is 0.370 bits per heavy atom. The van der Waals surface area contributed by atoms with Crippen molar-refractivity contribution in [1.82, 2.24) is 0 Å². The Morgan fingerprint density at radius 3 is 1.10 bits per heavy atom. The van der Waals surface area contributed by atoms with Crippen LogP contribution in [-0.4, -0.2) is 38.4 Å². The molecule has 10 heteroatoms. The van der Waals surface area contributed by atoms with E-state index < -0.39 is 17.4 Å². The summed E-state index contributed by atoms with van der Waals surface area (Å²) in [4.78, 5) is 27.2. The third kappa shape index (κ3) is 7.47. The van der Waals surface area contributed by atoms with Crippen molar-refractivity contribution in [2.75, 3.05) is 26.4 Å². The quantitative estimate of drug-likeness (QED) is 0.0653. The Kier molecular flexibility index (Phi) is 11.7. The SMILES string of the molecule is N#CC(C#N)=C1c2ccccc2-c2c(C(=O)OCCOc3ccc(C4(c5ccc(OCCOC(=O)c6cccc7c6-c6ccccc6C7=C(C#N)C#N)cc5)c5ccccc5-c5ccccc54)cc3)cccc21. The summed E-state index contributed by atoms with van der Waals surface area (Å²) in [5.41, 5.74) is 13.0. The fourth-order valence-electron chi connectivity index (χ4n) is 10.8. The summed E-state index contributed by atoms with van der Waals surface area (Å²) in [5.74, 6) is 0.115. The van der Waals surface area contributed by atoms with Gasteiger partial charge in [-0.2, -0.15) is 21.0 Å². The molecule has 0 saturated heterocycles. The number of fused-ring (bicyclic) bond motifs is 9. The normalized spacial score (nSPS) is 12.4. The molecule has 0 heterocycles. The van der Waals surface area contributed by atoms with Gasteiger partial charge in [-0.1, -0.05) is 146 Å². The monoisotopic (exact) mass is 946 g/mol. The van der Waals surface area contributed by atoms with Crippen LogP contribution in [0.5, 0.6) is 11.5 Å². The first-order valence-electron chi connectivity index (χ1n) is 23.5. The maximum atomic E-state index is 13.6. The van der Waals surface area contributed by atoms with Crippen LogP contribution in [0.4, 0.5) is 0 Å². The highest BCUT2D eigenvalue weighted by atomic mass is 16.6. The lowest BCUT2D eigenvalue weighted by molar-refractivity contribution is 0.0443. The highest BCUT2D eigenvalue weighted by Gasteiger charge is 2.46. The minimum absolute atomic E-state index is 0.0185. The number of allylic oxidation sites excluding steroid dienone is 2. The van der Waals surface area contributed by atoms with Gasteiger partial charge in [0.15, 0.2) is 0 Å². The minimum Gasteiger partial charge on any atom is -0.490 e. The van der Waals surface area contributed by atoms with Crippen LogP contribution in [0.2, 0.25) is 0 Å². The number of carbonyl (C=O) groups excluding carboxylic acids is 2. The van der Waals surface area contributed by atoms with Gasteiger partial charge < -0.3 is 18.9 Å². The fraction of sp³-hybridized carbons (Fsp3) is 0.0794. The molecule has 0 saturated carbocycles. The van der Waals surface area contributed by atoms with Gasteiger partial charge in [-0.05, 0) is 103 Å². The van der Waals surface area contributed by atoms with Crippen LogP contribution in [0.3, 0.4) is 0 Å². The van der Waals surface area contributed by atoms with Gasteiger partial charge in [0.05, 0.1) is 16.5 Å². The van der Waals surface area contributed by atoms with Gasteiger partial charge in [0.25, 0.3) is 0 Å². The minimum atomic E-state index is -0.703. The van der Waals surface area contributed by atoms with E-state index in [4.69, 9.17) is 18.9 Å². The van der Waals surface area contributed by atoms with Crippen molar-refractivity contribution in [3.63, 3.8) is 0 Å². The number of benzene rings is 8. The van der Waals surface area contributed by atoms with Gasteiger partial charge in [-0.15, -0.1) is 0 Å². The molecule has 10 nitrogen and oxygen atoms in total. The van der Waals surface area contributed by atoms with E-state index in [1.807, 2.05) is 109 Å². The van der Waals surface area contributed by atoms with Gasteiger partial charge >= 0.3 is 11.9 Å². The number of nitrogens with zero attached hydrogens (tertiary/aromatic N) is 4. The van der Waals surface area contributed by atoms with Gasteiger partial charge in [-0.25, -0.2) is 9.59 Å². The van der Waals surface area contributed by atoms with Crippen molar-refractivity contribution in [1.29, 1.82) is 21.0 Å². The second-order valence-electron chi connectivity index (χ2n) is 17.4. The van der Waals surface area contributed by atoms with E-state index in [1.54, 1.807) is 24.3 Å². The van der Waals surface area contributed by atoms with Crippen LogP contribution < -0.4 is 9.47 Å². The molecule has 0 aromatic heterocycles. The summed E-state index contributed by atoms with van der Waals surface area (Å²) in [6.07, 6.45) is 0. The molecule has 0 spiro atoms. The molecule has 11 rings (SSSR count). The van der Waals surface area contributed by atoms with Crippen molar-refractivity contribution in [3.8, 4) is 69.2 Å². The number of hydrogen-bond donors (Lipinski definition) is 0. The van der Waals surface area contributed by atoms with E-state index in [0.29, 0.717) is 56.0 Å². The Labute approximate surface area is 420 Å². The van der Waals surface area contributed by atoms with Crippen LogP contribution in [0.25, 0.3) is 44.5 Å². The Bertz CT molecular complexity index is 3560. The first kappa shape index (κ1) is 45.2. The highest BCUT2D eigenvalue weighted by Crippen LogP contribution is 2.56. The molecule has 0 fully saturated rings. The predicted molar refractivity (Wildman–Crippen MR) is 274 cm³/mol. The maximum Gasteiger partial charge on any atom is 0.338 e. The summed E-state index contributed by atoms with van der Waals surface area (Å²) in [6.45, 7) is 0.159. The summed E-state index contributed by atoms with van der Waals surface area (Å²) < 4.78 is 23.8. The molecule has 0 bridgehead atoms. The highest BCUT2D eigenvalue weighted by molar-refractivity contribution is 6.12. The van der Waals surface area contributed by atoms with Gasteiger partial charge in [0.1, 0.15) is 73.3 Å². The van der Waals surface area contributed by atoms with Crippen molar-refractivity contribution in [3.05, 3.63) is 249 Å². The molecule has 0 radical (unpaired) electrons. The average molecular weight is 947 g/mol. The lowest BCUT2D eigenvalue weighted by Crippen LogP contribution is -2.28. The van der Waals surface area contributed by atoms with Crippen LogP contribution in [0, 0.1) is 45.3 Å². The van der Waals surface area contributed by atoms with Crippen molar-refractivity contribution in [2.45, 2.75) is 5.41 Å². The van der Waals surface area contributed by atoms with Crippen LogP contribution in [0.1, 0.15) is 65.2 Å². The van der Waals surface area contributed by atoms with Crippen LogP contribution >= 0.6 is 0 Å². The number of ether oxygens (including phenoxy) is 4. The summed E-state index contributed by atoms with van der Waals surface area (Å²) in [5, 5.41) is 38.9. The Hall–Kier alpha value is -10.3. The van der Waals surface area contributed by atoms with E-state index in [2.05, 4.69) is 72.8 Å². The first-order valence-corrected chi connectivity index (χ1v) is 23.5. The zero-order valence-electron chi connectivity index (χ0n) is 38.9. The predicted octanol–water partition coefficient (Wildman–Crippen LogP) is 12.2. The summed E-state index contributed by atoms with van der Waals surface area (Å²) >= 11 is 0. The molecule has 0 atom stereocenters. The molecule has 346 valence electrons. The fourth-order valence-corrected chi connectivity index (χ4v) is 10.8. The summed E-state index contributed by atoms with van der Waals surface area (Å²) in [7, 11) is 0. The zero-order valence-corrected chi connectivity index (χ0v) is 38.9. The number of esters is 2. The molecule has 3 aliphatic carbocycles. The standard InChI is InChI=1S/C63H38N4O6/c64-35-39(36-65)57-47-13-1-3-15-49(47)59-51(57)17-9-19-53(59)61(68)72-33-31-70-43-27-23-41(24-28-43)63(55-21-7-5-11-45(55)46-12-6-8-22-56(46)63)42-25-29-44(30-26-42)71-32-34-73-62(69)54-20-10-18-52-58(40(37-66)38-67)48-14-2-4-16-50(48)60(52)54/h1-30H,31-34H2. The molecule has 0 aliphatic heterocycles. The largest absolute Gasteiger partial charge is 0.490 e. The molecule has 73 heavy (non-hydrogen) atoms. The molecular weight excluding hydrogens is 909 g/mol. The van der Waals surface area contributed by atoms with Crippen molar-refractivity contribution in [2.24, 2.45) is 0 Å². The molecule has 8 aromatic carbocycles. The third-order valence-corrected chi connectivity index (χ3v) is 13.7. The maximum absolute atomic E-state index is 13.6. The van der Waals surface area contributed by atoms with E-state index in [0.717, 1.165) is 55.6 Å². The van der Waals surface area contributed by atoms with Crippen molar-refractivity contribution >= 4 is 23.1 Å². The molecule has 0 unspecified atom stereocenters. The molecule has 8 aromatic rings. The second kappa shape index (κ2) is 18.9. The molecule has 0 amide bonds. The van der Waals surface area contributed by atoms with E-state index >= 15 is 0 Å². The summed E-state index contributed by atoms with van der Waals surface area (Å²) in [6, 6.07) is 66.1. The van der Waals surface area contributed by atoms with E-state index in [1.165, 1.54) is 0 Å². The third-order valence-electron chi connectivity index (χ3n) is 13.7. The Morgan fingerprint density at radius 2 is 0.712 bits per heavy atom. The zero-order chi connectivity index (χ0) is 50.1. The van der Waals surface area contributed by atoms with Gasteiger partial charge in [-0.3, -0.25) is 0 Å². The number of carbonyl (C=O) groups is 2. The molecule has 0 N–H and O–H groups in total. The molecular formula is C63H38N4O6. The average Bonchev–Trinajstić information content (AvgIpc) is 4.07. The van der Waals surface area contributed by atoms with Crippen molar-refractivity contribution < 1.29 is 28.5 Å². The van der Waals surface area contributed by atoms with Crippen LogP contribution in [-0.2, 0) is 14.9 Å². The van der Waals surface area contributed by atoms with Gasteiger partial charge in [0, 0.05) is 22.3 Å². The lowest BCUT2D eigenvalue weighted by atomic mass is 9.68. The number of hydrogen-bond acceptors (Lipinski definition) is 10. The molecule has 3 aliphatic rings. The van der Waals surface area contributed by atoms with Crippen LogP contribution in [0.15, 0.2) is 193 Å². The second-order valence-corrected chi connectivity index (χ2v) is 17.4. The smallest absolute Gasteiger partial charge is 0.338 e. The van der Waals surface area contributed by atoms with E-state index in [9.17, 15) is 30.6 Å². The lowest BCUT2D eigenvalue weighted by Gasteiger charge is -2.34. The first-order chi connectivity index (χ1) is 35.9. The number of rotatable bonds is 12. The van der Waals surface area contributed by atoms with Gasteiger partial charge in [0.2, 0.25) is 0 Å².